The monoisotopic (exact) mass is 253 g/mol. The van der Waals surface area contributed by atoms with Gasteiger partial charge in [-0.2, -0.15) is 0 Å². The predicted octanol–water partition coefficient (Wildman–Crippen LogP) is 2.47. The van der Waals surface area contributed by atoms with E-state index in [9.17, 15) is 4.79 Å². The van der Waals surface area contributed by atoms with Gasteiger partial charge in [-0.25, -0.2) is 4.79 Å². The number of carbonyl (C=O) groups excluding carboxylic acids is 1. The molecule has 1 N–H and O–H groups in total. The number of ether oxygens (including phenoxy) is 2. The lowest BCUT2D eigenvalue weighted by Crippen LogP contribution is -2.20. The number of rotatable bonds is 4. The highest BCUT2D eigenvalue weighted by atomic mass is 35.5. The molecule has 0 fully saturated rings. The summed E-state index contributed by atoms with van der Waals surface area (Å²) in [5, 5.41) is 3.07. The van der Waals surface area contributed by atoms with Crippen molar-refractivity contribution >= 4 is 23.3 Å². The summed E-state index contributed by atoms with van der Waals surface area (Å²) in [4.78, 5) is 11.3. The average molecular weight is 254 g/mol. The fourth-order valence-electron chi connectivity index (χ4n) is 1.48. The Morgan fingerprint density at radius 3 is 2.76 bits per heavy atom. The summed E-state index contributed by atoms with van der Waals surface area (Å²) in [6.07, 6.45) is -0.750. The first-order valence-electron chi connectivity index (χ1n) is 5.26. The van der Waals surface area contributed by atoms with E-state index in [1.54, 1.807) is 0 Å². The second-order valence-electron chi connectivity index (χ2n) is 3.41. The molecular formula is C12H12ClNO3. The Bertz CT molecular complexity index is 444. The lowest BCUT2D eigenvalue weighted by molar-refractivity contribution is -0.158. The molecule has 0 unspecified atom stereocenters. The third-order valence-corrected chi connectivity index (χ3v) is 2.59. The molecule has 1 atom stereocenters. The molecule has 17 heavy (non-hydrogen) atoms. The van der Waals surface area contributed by atoms with Gasteiger partial charge in [0.25, 0.3) is 0 Å². The fourth-order valence-corrected chi connectivity index (χ4v) is 1.66. The first-order valence-corrected chi connectivity index (χ1v) is 5.64. The van der Waals surface area contributed by atoms with Crippen molar-refractivity contribution in [2.24, 2.45) is 0 Å². The molecule has 1 aliphatic heterocycles. The van der Waals surface area contributed by atoms with Crippen LogP contribution in [0.1, 0.15) is 6.92 Å². The Kier molecular flexibility index (Phi) is 3.66. The number of para-hydroxylation sites is 1. The number of hydrogen-bond donors (Lipinski definition) is 1. The number of hydrogen-bond acceptors (Lipinski definition) is 4. The zero-order valence-corrected chi connectivity index (χ0v) is 10.0. The van der Waals surface area contributed by atoms with E-state index >= 15 is 0 Å². The lowest BCUT2D eigenvalue weighted by atomic mass is 10.3. The number of nitrogens with one attached hydrogen (secondary N) is 1. The van der Waals surface area contributed by atoms with Gasteiger partial charge >= 0.3 is 5.97 Å². The Labute approximate surface area is 104 Å². The maximum atomic E-state index is 11.3. The van der Waals surface area contributed by atoms with Gasteiger partial charge in [0.05, 0.1) is 0 Å². The van der Waals surface area contributed by atoms with Crippen LogP contribution in [0.4, 0.5) is 5.69 Å². The normalized spacial score (nSPS) is 19.4. The summed E-state index contributed by atoms with van der Waals surface area (Å²) in [6.45, 7) is 2.25. The summed E-state index contributed by atoms with van der Waals surface area (Å²) >= 11 is 5.87. The van der Waals surface area contributed by atoms with Gasteiger partial charge in [0, 0.05) is 12.3 Å². The van der Waals surface area contributed by atoms with Crippen LogP contribution >= 0.6 is 11.6 Å². The van der Waals surface area contributed by atoms with Crippen LogP contribution in [-0.4, -0.2) is 18.9 Å². The van der Waals surface area contributed by atoms with Crippen molar-refractivity contribution < 1.29 is 14.3 Å². The number of benzene rings is 1. The molecule has 90 valence electrons. The SMILES string of the molecule is CCO[C@@H]1OC(=O)C(Cl)=C1Nc1ccccc1. The number of anilines is 1. The fraction of sp³-hybridized carbons (Fsp3) is 0.250. The summed E-state index contributed by atoms with van der Waals surface area (Å²) < 4.78 is 10.2. The summed E-state index contributed by atoms with van der Waals surface area (Å²) in [5.74, 6) is -0.566. The van der Waals surface area contributed by atoms with Crippen molar-refractivity contribution in [2.75, 3.05) is 11.9 Å². The number of carbonyl (C=O) groups is 1. The molecule has 0 saturated carbocycles. The number of halogens is 1. The lowest BCUT2D eigenvalue weighted by Gasteiger charge is -2.15. The maximum Gasteiger partial charge on any atom is 0.354 e. The zero-order valence-electron chi connectivity index (χ0n) is 9.27. The average Bonchev–Trinajstić information content (AvgIpc) is 2.59. The van der Waals surface area contributed by atoms with Crippen LogP contribution in [0.2, 0.25) is 0 Å². The van der Waals surface area contributed by atoms with Gasteiger partial charge in [-0.15, -0.1) is 0 Å². The minimum absolute atomic E-state index is 0.0345. The molecule has 0 aliphatic carbocycles. The Morgan fingerprint density at radius 1 is 1.41 bits per heavy atom. The molecule has 1 aromatic carbocycles. The Balaban J connectivity index is 2.19. The molecule has 0 amide bonds. The van der Waals surface area contributed by atoms with Crippen molar-refractivity contribution in [3.8, 4) is 0 Å². The van der Waals surface area contributed by atoms with Gasteiger partial charge < -0.3 is 14.8 Å². The molecule has 1 aromatic rings. The second kappa shape index (κ2) is 5.21. The first-order chi connectivity index (χ1) is 8.22. The maximum absolute atomic E-state index is 11.3. The highest BCUT2D eigenvalue weighted by Gasteiger charge is 2.33. The van der Waals surface area contributed by atoms with Crippen molar-refractivity contribution in [1.29, 1.82) is 0 Å². The van der Waals surface area contributed by atoms with Crippen molar-refractivity contribution in [1.82, 2.24) is 0 Å². The van der Waals surface area contributed by atoms with Gasteiger partial charge in [0.2, 0.25) is 6.29 Å². The van der Waals surface area contributed by atoms with Crippen molar-refractivity contribution in [3.63, 3.8) is 0 Å². The third kappa shape index (κ3) is 2.60. The standard InChI is InChI=1S/C12H12ClNO3/c1-2-16-12-10(9(13)11(15)17-12)14-8-6-4-3-5-7-8/h3-7,12,14H,2H2,1H3/t12-/m1/s1. The topological polar surface area (TPSA) is 47.6 Å². The molecule has 1 aliphatic rings. The van der Waals surface area contributed by atoms with E-state index in [1.165, 1.54) is 0 Å². The Hall–Kier alpha value is -1.52. The molecular weight excluding hydrogens is 242 g/mol. The highest BCUT2D eigenvalue weighted by Crippen LogP contribution is 2.27. The van der Waals surface area contributed by atoms with E-state index in [0.717, 1.165) is 5.69 Å². The smallest absolute Gasteiger partial charge is 0.354 e. The molecule has 5 heteroatoms. The Morgan fingerprint density at radius 2 is 2.12 bits per heavy atom. The van der Waals surface area contributed by atoms with Crippen molar-refractivity contribution in [2.45, 2.75) is 13.2 Å². The molecule has 1 heterocycles. The second-order valence-corrected chi connectivity index (χ2v) is 3.79. The minimum atomic E-state index is -0.750. The quantitative estimate of drug-likeness (QED) is 0.838. The van der Waals surface area contributed by atoms with Crippen LogP contribution in [-0.2, 0) is 14.3 Å². The van der Waals surface area contributed by atoms with Gasteiger partial charge in [0.1, 0.15) is 5.70 Å². The summed E-state index contributed by atoms with van der Waals surface area (Å²) in [7, 11) is 0. The van der Waals surface area contributed by atoms with Crippen LogP contribution < -0.4 is 5.32 Å². The molecule has 0 spiro atoms. The highest BCUT2D eigenvalue weighted by molar-refractivity contribution is 6.42. The molecule has 0 saturated heterocycles. The van der Waals surface area contributed by atoms with Gasteiger partial charge in [-0.3, -0.25) is 0 Å². The molecule has 0 aromatic heterocycles. The van der Waals surface area contributed by atoms with E-state index in [4.69, 9.17) is 21.1 Å². The van der Waals surface area contributed by atoms with Crippen molar-refractivity contribution in [3.05, 3.63) is 41.1 Å². The van der Waals surface area contributed by atoms with Gasteiger partial charge in [-0.1, -0.05) is 29.8 Å². The van der Waals surface area contributed by atoms with Crippen LogP contribution in [0.3, 0.4) is 0 Å². The number of esters is 1. The van der Waals surface area contributed by atoms with E-state index in [1.807, 2.05) is 37.3 Å². The molecule has 0 bridgehead atoms. The minimum Gasteiger partial charge on any atom is -0.425 e. The largest absolute Gasteiger partial charge is 0.425 e. The number of cyclic esters (lactones) is 1. The van der Waals surface area contributed by atoms with Crippen LogP contribution in [0.25, 0.3) is 0 Å². The van der Waals surface area contributed by atoms with E-state index in [0.29, 0.717) is 12.3 Å². The summed E-state index contributed by atoms with van der Waals surface area (Å²) in [5.41, 5.74) is 1.27. The molecule has 0 radical (unpaired) electrons. The summed E-state index contributed by atoms with van der Waals surface area (Å²) in [6, 6.07) is 9.39. The van der Waals surface area contributed by atoms with Crippen LogP contribution in [0, 0.1) is 0 Å². The van der Waals surface area contributed by atoms with E-state index < -0.39 is 12.3 Å². The molecule has 2 rings (SSSR count). The zero-order chi connectivity index (χ0) is 12.3. The van der Waals surface area contributed by atoms with E-state index in [-0.39, 0.29) is 5.03 Å². The van der Waals surface area contributed by atoms with E-state index in [2.05, 4.69) is 5.32 Å². The van der Waals surface area contributed by atoms with Gasteiger partial charge in [0.15, 0.2) is 5.03 Å². The van der Waals surface area contributed by atoms with Crippen LogP contribution in [0.15, 0.2) is 41.1 Å². The molecule has 4 nitrogen and oxygen atoms in total. The first kappa shape index (κ1) is 12.0. The third-order valence-electron chi connectivity index (χ3n) is 2.24. The predicted molar refractivity (Wildman–Crippen MR) is 64.4 cm³/mol. The van der Waals surface area contributed by atoms with Gasteiger partial charge in [-0.05, 0) is 19.1 Å². The van der Waals surface area contributed by atoms with Crippen LogP contribution in [0.5, 0.6) is 0 Å².